The maximum Gasteiger partial charge on any atom is 0.261 e. The molecule has 0 aliphatic heterocycles. The van der Waals surface area contributed by atoms with Crippen molar-refractivity contribution in [2.24, 2.45) is 11.8 Å². The summed E-state index contributed by atoms with van der Waals surface area (Å²) in [5, 5.41) is 2.78. The summed E-state index contributed by atoms with van der Waals surface area (Å²) in [6.07, 6.45) is 2.42. The van der Waals surface area contributed by atoms with Gasteiger partial charge in [0.2, 0.25) is 0 Å². The van der Waals surface area contributed by atoms with Gasteiger partial charge in [-0.15, -0.1) is 5.57 Å². The van der Waals surface area contributed by atoms with Gasteiger partial charge in [0.15, 0.2) is 0 Å². The van der Waals surface area contributed by atoms with Gasteiger partial charge in [-0.3, -0.25) is 4.94 Å². The zero-order valence-corrected chi connectivity index (χ0v) is 24.3. The van der Waals surface area contributed by atoms with Crippen molar-refractivity contribution in [3.63, 3.8) is 0 Å². The first-order chi connectivity index (χ1) is 14.8. The van der Waals surface area contributed by atoms with Crippen molar-refractivity contribution in [3.05, 3.63) is 71.2 Å². The van der Waals surface area contributed by atoms with E-state index in [1.807, 2.05) is 0 Å². The Labute approximate surface area is 202 Å². The zero-order valence-electron chi connectivity index (χ0n) is 22.1. The number of hydrogen-bond donors (Lipinski definition) is 0. The Morgan fingerprint density at radius 1 is 0.875 bits per heavy atom. The third kappa shape index (κ3) is 7.46. The van der Waals surface area contributed by atoms with Crippen molar-refractivity contribution >= 4 is 31.8 Å². The lowest BCUT2D eigenvalue weighted by atomic mass is 9.93. The van der Waals surface area contributed by atoms with Crippen molar-refractivity contribution in [2.75, 3.05) is 6.61 Å². The maximum absolute atomic E-state index is 7.15. The number of benzene rings is 2. The first-order valence-corrected chi connectivity index (χ1v) is 18.6. The van der Waals surface area contributed by atoms with Crippen LogP contribution in [-0.4, -0.2) is 28.0 Å². The zero-order chi connectivity index (χ0) is 24.0. The van der Waals surface area contributed by atoms with Crippen LogP contribution in [0, 0.1) is 11.8 Å². The molecule has 0 radical (unpaired) electrons. The second-order valence-electron chi connectivity index (χ2n) is 12.4. The molecule has 32 heavy (non-hydrogen) atoms. The third-order valence-electron chi connectivity index (χ3n) is 6.26. The van der Waals surface area contributed by atoms with Gasteiger partial charge < -0.3 is 4.43 Å². The molecule has 0 amide bonds. The number of hydrogen-bond acceptors (Lipinski definition) is 1. The molecule has 0 N–H and O–H groups in total. The standard InChI is InChI=1S/C26H37OSi.3CH3.Al/c1-21(2)18-22(3)19-23(4)20-27-28(26(5,6)7,24-14-10-8-11-15-24)25-16-12-9-13-17-25;;;;/h1,8-17,22-23H,18-20H2,2-7H3;3*1H3;/q;;;;-1/t22-,23-;;;;/m1..../s1. The van der Waals surface area contributed by atoms with E-state index in [4.69, 9.17) is 4.43 Å². The first kappa shape index (κ1) is 27.1. The molecule has 176 valence electrons. The lowest BCUT2D eigenvalue weighted by Gasteiger charge is -2.43. The Kier molecular flexibility index (Phi) is 9.62. The highest BCUT2D eigenvalue weighted by Gasteiger charge is 2.50. The van der Waals surface area contributed by atoms with Crippen molar-refractivity contribution < 1.29 is 4.43 Å². The van der Waals surface area contributed by atoms with E-state index in [0.29, 0.717) is 11.8 Å². The van der Waals surface area contributed by atoms with Crippen LogP contribution in [0.15, 0.2) is 71.2 Å². The summed E-state index contributed by atoms with van der Waals surface area (Å²) < 4.78 is 7.15. The second kappa shape index (κ2) is 11.3. The van der Waals surface area contributed by atoms with Crippen molar-refractivity contribution in [1.29, 1.82) is 0 Å². The van der Waals surface area contributed by atoms with Crippen molar-refractivity contribution in [3.8, 4) is 0 Å². The van der Waals surface area contributed by atoms with E-state index in [1.54, 1.807) is 5.57 Å². The van der Waals surface area contributed by atoms with E-state index in [0.717, 1.165) is 6.61 Å². The number of rotatable bonds is 10. The molecular formula is C29H46AlOSi-. The van der Waals surface area contributed by atoms with E-state index < -0.39 is 21.4 Å². The van der Waals surface area contributed by atoms with Crippen LogP contribution in [0.4, 0.5) is 0 Å². The van der Waals surface area contributed by atoms with E-state index in [9.17, 15) is 0 Å². The third-order valence-corrected chi connectivity index (χ3v) is 12.8. The molecule has 0 saturated carbocycles. The second-order valence-corrected chi connectivity index (χ2v) is 22.5. The van der Waals surface area contributed by atoms with Crippen LogP contribution in [0.2, 0.25) is 22.4 Å². The average molecular weight is 466 g/mol. The molecule has 0 heterocycles. The normalized spacial score (nSPS) is 15.5. The Hall–Kier alpha value is -1.11. The first-order valence-electron chi connectivity index (χ1n) is 12.6. The summed E-state index contributed by atoms with van der Waals surface area (Å²) >= 11 is -1.42. The highest BCUT2D eigenvalue weighted by atomic mass is 28.4. The van der Waals surface area contributed by atoms with Crippen LogP contribution in [0.1, 0.15) is 54.4 Å². The summed E-state index contributed by atoms with van der Waals surface area (Å²) in [4.78, 5) is 2.59. The predicted molar refractivity (Wildman–Crippen MR) is 148 cm³/mol. The lowest BCUT2D eigenvalue weighted by molar-refractivity contribution is 0.223. The molecule has 2 atom stereocenters. The molecule has 0 aliphatic rings. The SMILES string of the molecule is C/C(=[CH]\[Al-]([CH3])([CH3])[CH3])C[C@@H](C)C[C@@H](C)CO[Si](c1ccccc1)(c1ccccc1)C(C)(C)C. The Morgan fingerprint density at radius 2 is 1.34 bits per heavy atom. The van der Waals surface area contributed by atoms with Gasteiger partial charge in [0.25, 0.3) is 8.32 Å². The molecule has 0 fully saturated rings. The fraction of sp³-hybridized carbons (Fsp3) is 0.517. The van der Waals surface area contributed by atoms with Crippen molar-refractivity contribution in [2.45, 2.75) is 76.8 Å². The summed E-state index contributed by atoms with van der Waals surface area (Å²) in [7, 11) is -2.43. The molecule has 1 nitrogen and oxygen atoms in total. The molecule has 0 unspecified atom stereocenters. The van der Waals surface area contributed by atoms with Gasteiger partial charge in [0.1, 0.15) is 13.1 Å². The maximum atomic E-state index is 7.15. The predicted octanol–water partition coefficient (Wildman–Crippen LogP) is 7.44. The van der Waals surface area contributed by atoms with Crippen LogP contribution in [0.25, 0.3) is 0 Å². The largest absolute Gasteiger partial charge is 0.407 e. The van der Waals surface area contributed by atoms with Crippen LogP contribution in [0.5, 0.6) is 0 Å². The monoisotopic (exact) mass is 465 g/mol. The van der Waals surface area contributed by atoms with Gasteiger partial charge in [-0.05, 0) is 47.0 Å². The molecule has 0 saturated heterocycles. The summed E-state index contributed by atoms with van der Waals surface area (Å²) in [5.74, 6) is 8.56. The summed E-state index contributed by atoms with van der Waals surface area (Å²) in [6.45, 7) is 15.0. The van der Waals surface area contributed by atoms with Crippen LogP contribution in [0.3, 0.4) is 0 Å². The van der Waals surface area contributed by atoms with Crippen molar-refractivity contribution in [1.82, 2.24) is 0 Å². The van der Waals surface area contributed by atoms with Crippen LogP contribution < -0.4 is 10.4 Å². The quantitative estimate of drug-likeness (QED) is 0.331. The Morgan fingerprint density at radius 3 is 1.75 bits per heavy atom. The molecular weight excluding hydrogens is 419 g/mol. The van der Waals surface area contributed by atoms with Gasteiger partial charge in [0.05, 0.1) is 0 Å². The molecule has 0 spiro atoms. The lowest BCUT2D eigenvalue weighted by Crippen LogP contribution is -2.66. The fourth-order valence-corrected chi connectivity index (χ4v) is 11.9. The molecule has 0 bridgehead atoms. The van der Waals surface area contributed by atoms with Gasteiger partial charge in [-0.1, -0.05) is 95.3 Å². The Balaban J connectivity index is 2.23. The smallest absolute Gasteiger partial charge is 0.261 e. The molecule has 2 rings (SSSR count). The molecule has 0 aliphatic carbocycles. The van der Waals surface area contributed by atoms with Crippen LogP contribution >= 0.6 is 0 Å². The van der Waals surface area contributed by atoms with E-state index in [1.165, 1.54) is 23.2 Å². The molecule has 2 aromatic carbocycles. The van der Waals surface area contributed by atoms with Gasteiger partial charge in [0, 0.05) is 6.61 Å². The average Bonchev–Trinajstić information content (AvgIpc) is 2.67. The topological polar surface area (TPSA) is 9.23 Å². The Bertz CT molecular complexity index is 807. The highest BCUT2D eigenvalue weighted by Crippen LogP contribution is 2.37. The molecule has 3 heteroatoms. The van der Waals surface area contributed by atoms with Gasteiger partial charge in [-0.2, -0.15) is 17.4 Å². The minimum absolute atomic E-state index is 0.0403. The van der Waals surface area contributed by atoms with Gasteiger partial charge in [-0.25, -0.2) is 0 Å². The number of allylic oxidation sites excluding steroid dienone is 1. The van der Waals surface area contributed by atoms with Gasteiger partial charge >= 0.3 is 0 Å². The minimum atomic E-state index is -2.43. The summed E-state index contributed by atoms with van der Waals surface area (Å²) in [6, 6.07) is 22.0. The summed E-state index contributed by atoms with van der Waals surface area (Å²) in [5.41, 5.74) is 1.58. The van der Waals surface area contributed by atoms with Crippen LogP contribution in [-0.2, 0) is 4.43 Å². The van der Waals surface area contributed by atoms with E-state index >= 15 is 0 Å². The highest BCUT2D eigenvalue weighted by molar-refractivity contribution is 6.99. The fourth-order valence-electron chi connectivity index (χ4n) is 5.34. The molecule has 2 aromatic rings. The van der Waals surface area contributed by atoms with E-state index in [-0.39, 0.29) is 5.04 Å². The molecule has 0 aromatic heterocycles. The minimum Gasteiger partial charge on any atom is -0.407 e. The van der Waals surface area contributed by atoms with E-state index in [2.05, 4.69) is 125 Å².